The van der Waals surface area contributed by atoms with E-state index in [1.165, 1.54) is 19.4 Å². The second-order valence-electron chi connectivity index (χ2n) is 6.63. The van der Waals surface area contributed by atoms with E-state index >= 15 is 0 Å². The van der Waals surface area contributed by atoms with E-state index in [0.29, 0.717) is 28.3 Å². The van der Waals surface area contributed by atoms with Gasteiger partial charge in [-0.2, -0.15) is 0 Å². The molecule has 0 aliphatic rings. The topological polar surface area (TPSA) is 73.2 Å². The molecule has 1 aromatic carbocycles. The third-order valence-corrected chi connectivity index (χ3v) is 3.91. The van der Waals surface area contributed by atoms with Crippen molar-refractivity contribution in [3.8, 4) is 5.75 Å². The predicted octanol–water partition coefficient (Wildman–Crippen LogP) is 4.03. The Balaban J connectivity index is 2.64. The summed E-state index contributed by atoms with van der Waals surface area (Å²) in [4.78, 5) is 9.95. The fraction of sp³-hybridized carbons (Fsp3) is 0.368. The Bertz CT molecular complexity index is 822. The number of methoxy groups -OCH3 is 1. The van der Waals surface area contributed by atoms with Gasteiger partial charge in [-0.1, -0.05) is 5.16 Å². The van der Waals surface area contributed by atoms with Crippen LogP contribution in [0.3, 0.4) is 0 Å². The Hall–Kier alpha value is -2.03. The van der Waals surface area contributed by atoms with Crippen molar-refractivity contribution in [2.45, 2.75) is 33.0 Å². The van der Waals surface area contributed by atoms with Crippen molar-refractivity contribution in [1.82, 2.24) is 4.98 Å². The van der Waals surface area contributed by atoms with Gasteiger partial charge in [-0.3, -0.25) is 4.98 Å². The molecule has 0 saturated heterocycles. The van der Waals surface area contributed by atoms with E-state index in [0.717, 1.165) is 0 Å². The number of pyridine rings is 1. The number of ether oxygens (including phenoxy) is 2. The number of benzene rings is 1. The van der Waals surface area contributed by atoms with Crippen LogP contribution < -0.4 is 4.74 Å². The molecule has 0 atom stereocenters. The molecule has 8 heteroatoms. The van der Waals surface area contributed by atoms with Gasteiger partial charge in [-0.25, -0.2) is 4.39 Å². The van der Waals surface area contributed by atoms with Crippen LogP contribution in [0.15, 0.2) is 40.1 Å². The lowest BCUT2D eigenvalue weighted by atomic mass is 10.0. The molecule has 1 N–H and O–H groups in total. The molecule has 1 aromatic heterocycles. The van der Waals surface area contributed by atoms with E-state index < -0.39 is 11.4 Å². The molecule has 0 aliphatic carbocycles. The minimum absolute atomic E-state index is 0.0355. The number of halogens is 2. The van der Waals surface area contributed by atoms with Crippen LogP contribution in [0.1, 0.15) is 37.6 Å². The second-order valence-corrected chi connectivity index (χ2v) is 7.48. The standard InChI is InChI=1S/C19H22BrFN2O4/c1-19(2,3)27-23-16(12-5-6-15(21)14(20)9-12)17-18(26-11-25-4)13(10-24)7-8-22-17/h5-9,24H,10-11H2,1-4H3/b23-16-. The number of aromatic nitrogens is 1. The molecule has 1 heterocycles. The van der Waals surface area contributed by atoms with Crippen molar-refractivity contribution in [2.75, 3.05) is 13.9 Å². The van der Waals surface area contributed by atoms with E-state index in [9.17, 15) is 9.50 Å². The van der Waals surface area contributed by atoms with Crippen LogP contribution in [0, 0.1) is 5.82 Å². The number of rotatable bonds is 7. The minimum Gasteiger partial charge on any atom is -0.465 e. The summed E-state index contributed by atoms with van der Waals surface area (Å²) in [5, 5.41) is 13.9. The van der Waals surface area contributed by atoms with Crippen LogP contribution in [-0.2, 0) is 16.2 Å². The summed E-state index contributed by atoms with van der Waals surface area (Å²) in [5.41, 5.74) is 1.22. The summed E-state index contributed by atoms with van der Waals surface area (Å²) in [5.74, 6) is -0.0821. The molecule has 0 bridgehead atoms. The summed E-state index contributed by atoms with van der Waals surface area (Å²) < 4.78 is 24.6. The van der Waals surface area contributed by atoms with Crippen molar-refractivity contribution < 1.29 is 23.8 Å². The average Bonchev–Trinajstić information content (AvgIpc) is 2.62. The molecule has 0 spiro atoms. The third-order valence-electron chi connectivity index (χ3n) is 3.31. The number of aliphatic hydroxyl groups is 1. The molecule has 27 heavy (non-hydrogen) atoms. The average molecular weight is 441 g/mol. The van der Waals surface area contributed by atoms with Crippen molar-refractivity contribution in [2.24, 2.45) is 5.16 Å². The van der Waals surface area contributed by atoms with E-state index in [2.05, 4.69) is 26.1 Å². The number of aliphatic hydroxyl groups excluding tert-OH is 1. The maximum absolute atomic E-state index is 13.7. The number of oxime groups is 1. The SMILES string of the molecule is COCOc1c(CO)ccnc1/C(=N\OC(C)(C)C)c1ccc(F)c(Br)c1. The lowest BCUT2D eigenvalue weighted by Crippen LogP contribution is -2.19. The lowest BCUT2D eigenvalue weighted by molar-refractivity contribution is 0.00102. The monoisotopic (exact) mass is 440 g/mol. The zero-order valence-electron chi connectivity index (χ0n) is 15.6. The molecule has 2 aromatic rings. The Morgan fingerprint density at radius 2 is 2.04 bits per heavy atom. The van der Waals surface area contributed by atoms with E-state index in [-0.39, 0.29) is 17.9 Å². The summed E-state index contributed by atoms with van der Waals surface area (Å²) >= 11 is 3.18. The van der Waals surface area contributed by atoms with Crippen molar-refractivity contribution in [1.29, 1.82) is 0 Å². The Labute approximate surface area is 166 Å². The lowest BCUT2D eigenvalue weighted by Gasteiger charge is -2.19. The fourth-order valence-corrected chi connectivity index (χ4v) is 2.50. The predicted molar refractivity (Wildman–Crippen MR) is 103 cm³/mol. The summed E-state index contributed by atoms with van der Waals surface area (Å²) in [7, 11) is 1.49. The molecular formula is C19H22BrFN2O4. The van der Waals surface area contributed by atoms with Crippen LogP contribution in [0.4, 0.5) is 4.39 Å². The van der Waals surface area contributed by atoms with Crippen molar-refractivity contribution in [3.63, 3.8) is 0 Å². The van der Waals surface area contributed by atoms with Gasteiger partial charge in [0.25, 0.3) is 0 Å². The van der Waals surface area contributed by atoms with Crippen LogP contribution in [0.25, 0.3) is 0 Å². The summed E-state index contributed by atoms with van der Waals surface area (Å²) in [6.07, 6.45) is 1.53. The molecule has 6 nitrogen and oxygen atoms in total. The first-order chi connectivity index (χ1) is 12.8. The molecular weight excluding hydrogens is 419 g/mol. The van der Waals surface area contributed by atoms with Crippen LogP contribution in [-0.4, -0.2) is 35.3 Å². The first-order valence-electron chi connectivity index (χ1n) is 8.19. The second kappa shape index (κ2) is 9.25. The maximum Gasteiger partial charge on any atom is 0.188 e. The largest absolute Gasteiger partial charge is 0.465 e. The number of hydrogen-bond acceptors (Lipinski definition) is 6. The first kappa shape index (κ1) is 21.3. The smallest absolute Gasteiger partial charge is 0.188 e. The molecule has 0 aliphatic heterocycles. The Kier molecular flexibility index (Phi) is 7.29. The van der Waals surface area contributed by atoms with Crippen molar-refractivity contribution >= 4 is 21.6 Å². The summed E-state index contributed by atoms with van der Waals surface area (Å²) in [6.45, 7) is 5.28. The first-order valence-corrected chi connectivity index (χ1v) is 8.98. The van der Waals surface area contributed by atoms with Gasteiger partial charge in [0.05, 0.1) is 11.1 Å². The molecule has 0 amide bonds. The van der Waals surface area contributed by atoms with Gasteiger partial charge in [0, 0.05) is 24.4 Å². The molecule has 146 valence electrons. The molecule has 0 unspecified atom stereocenters. The molecule has 0 radical (unpaired) electrons. The van der Waals surface area contributed by atoms with Crippen LogP contribution >= 0.6 is 15.9 Å². The maximum atomic E-state index is 13.7. The van der Waals surface area contributed by atoms with E-state index in [1.807, 2.05) is 20.8 Å². The van der Waals surface area contributed by atoms with Gasteiger partial charge in [0.15, 0.2) is 12.5 Å². The van der Waals surface area contributed by atoms with Gasteiger partial charge in [0.1, 0.15) is 22.8 Å². The fourth-order valence-electron chi connectivity index (χ4n) is 2.12. The van der Waals surface area contributed by atoms with Crippen LogP contribution in [0.5, 0.6) is 5.75 Å². The quantitative estimate of drug-likeness (QED) is 0.399. The number of hydrogen-bond donors (Lipinski definition) is 1. The molecule has 0 saturated carbocycles. The van der Waals surface area contributed by atoms with Crippen molar-refractivity contribution in [3.05, 3.63) is 57.6 Å². The van der Waals surface area contributed by atoms with Gasteiger partial charge in [-0.15, -0.1) is 0 Å². The molecule has 0 fully saturated rings. The van der Waals surface area contributed by atoms with Gasteiger partial charge >= 0.3 is 0 Å². The van der Waals surface area contributed by atoms with Gasteiger partial charge in [-0.05, 0) is 61.0 Å². The zero-order chi connectivity index (χ0) is 20.0. The normalized spacial score (nSPS) is 12.2. The molecule has 2 rings (SSSR count). The van der Waals surface area contributed by atoms with Crippen LogP contribution in [0.2, 0.25) is 0 Å². The Morgan fingerprint density at radius 1 is 1.30 bits per heavy atom. The highest BCUT2D eigenvalue weighted by molar-refractivity contribution is 9.10. The zero-order valence-corrected chi connectivity index (χ0v) is 17.2. The van der Waals surface area contributed by atoms with Gasteiger partial charge < -0.3 is 19.4 Å². The Morgan fingerprint density at radius 3 is 2.63 bits per heavy atom. The summed E-state index contributed by atoms with van der Waals surface area (Å²) in [6, 6.07) is 6.10. The van der Waals surface area contributed by atoms with Gasteiger partial charge in [0.2, 0.25) is 0 Å². The highest BCUT2D eigenvalue weighted by Gasteiger charge is 2.21. The van der Waals surface area contributed by atoms with E-state index in [1.54, 1.807) is 18.2 Å². The highest BCUT2D eigenvalue weighted by Crippen LogP contribution is 2.28. The minimum atomic E-state index is -0.551. The highest BCUT2D eigenvalue weighted by atomic mass is 79.9. The number of nitrogens with zero attached hydrogens (tertiary/aromatic N) is 2. The van der Waals surface area contributed by atoms with E-state index in [4.69, 9.17) is 14.3 Å². The third kappa shape index (κ3) is 5.72.